The number of phenols is 1. The van der Waals surface area contributed by atoms with Crippen LogP contribution in [0.5, 0.6) is 17.2 Å². The molecule has 27 heavy (non-hydrogen) atoms. The summed E-state index contributed by atoms with van der Waals surface area (Å²) in [5.41, 5.74) is 1.45. The zero-order valence-corrected chi connectivity index (χ0v) is 16.6. The average molecular weight is 402 g/mol. The van der Waals surface area contributed by atoms with E-state index in [1.165, 1.54) is 16.7 Å². The summed E-state index contributed by atoms with van der Waals surface area (Å²) in [7, 11) is 0. The molecular formula is C20H19NO4S2. The van der Waals surface area contributed by atoms with Gasteiger partial charge in [-0.2, -0.15) is 0 Å². The second-order valence-corrected chi connectivity index (χ2v) is 7.28. The zero-order valence-electron chi connectivity index (χ0n) is 15.0. The number of amides is 1. The molecule has 1 amide bonds. The molecule has 0 spiro atoms. The highest BCUT2D eigenvalue weighted by atomic mass is 32.2. The van der Waals surface area contributed by atoms with Crippen molar-refractivity contribution in [3.05, 3.63) is 52.9 Å². The summed E-state index contributed by atoms with van der Waals surface area (Å²) >= 11 is 6.64. The second-order valence-electron chi connectivity index (χ2n) is 5.60. The Morgan fingerprint density at radius 2 is 1.81 bits per heavy atom. The van der Waals surface area contributed by atoms with Crippen LogP contribution in [0.4, 0.5) is 5.69 Å². The van der Waals surface area contributed by atoms with E-state index in [1.54, 1.807) is 24.3 Å². The first-order valence-electron chi connectivity index (χ1n) is 8.50. The lowest BCUT2D eigenvalue weighted by Gasteiger charge is -2.15. The van der Waals surface area contributed by atoms with E-state index in [-0.39, 0.29) is 11.7 Å². The Balaban J connectivity index is 1.85. The van der Waals surface area contributed by atoms with Gasteiger partial charge in [0.25, 0.3) is 5.91 Å². The molecule has 1 aliphatic heterocycles. The lowest BCUT2D eigenvalue weighted by atomic mass is 10.2. The van der Waals surface area contributed by atoms with Gasteiger partial charge in [-0.1, -0.05) is 30.0 Å². The fourth-order valence-electron chi connectivity index (χ4n) is 2.59. The molecule has 1 heterocycles. The number of anilines is 1. The van der Waals surface area contributed by atoms with Crippen molar-refractivity contribution in [1.82, 2.24) is 0 Å². The maximum atomic E-state index is 12.8. The van der Waals surface area contributed by atoms with E-state index >= 15 is 0 Å². The van der Waals surface area contributed by atoms with Crippen molar-refractivity contribution in [2.75, 3.05) is 18.1 Å². The molecule has 140 valence electrons. The fraction of sp³-hybridized carbons (Fsp3) is 0.200. The molecule has 2 aromatic carbocycles. The first-order chi connectivity index (χ1) is 13.0. The molecule has 0 unspecified atom stereocenters. The molecule has 0 radical (unpaired) electrons. The minimum Gasteiger partial charge on any atom is -0.504 e. The zero-order chi connectivity index (χ0) is 19.4. The molecule has 0 aromatic heterocycles. The van der Waals surface area contributed by atoms with E-state index < -0.39 is 0 Å². The van der Waals surface area contributed by atoms with E-state index in [0.717, 1.165) is 11.3 Å². The number of carbonyl (C=O) groups is 1. The number of nitrogens with zero attached hydrogens (tertiary/aromatic N) is 1. The van der Waals surface area contributed by atoms with Crippen molar-refractivity contribution in [3.63, 3.8) is 0 Å². The number of hydrogen-bond acceptors (Lipinski definition) is 6. The Morgan fingerprint density at radius 3 is 2.48 bits per heavy atom. The van der Waals surface area contributed by atoms with Crippen LogP contribution in [-0.2, 0) is 4.79 Å². The number of phenolic OH excluding ortho intramolecular Hbond substituents is 1. The standard InChI is InChI=1S/C20H19NO4S2/c1-3-24-15-8-6-14(7-9-15)21-19(23)18(27-20(21)26)12-13-5-10-16(22)17(11-13)25-4-2/h5-12,22H,3-4H2,1-2H3/b18-12-. The summed E-state index contributed by atoms with van der Waals surface area (Å²) in [5, 5.41) is 9.82. The van der Waals surface area contributed by atoms with Gasteiger partial charge in [0.15, 0.2) is 15.8 Å². The number of ether oxygens (including phenoxy) is 2. The normalized spacial score (nSPS) is 15.5. The van der Waals surface area contributed by atoms with E-state index in [4.69, 9.17) is 21.7 Å². The quantitative estimate of drug-likeness (QED) is 0.564. The molecule has 0 atom stereocenters. The summed E-state index contributed by atoms with van der Waals surface area (Å²) in [6.07, 6.45) is 1.75. The van der Waals surface area contributed by atoms with E-state index in [1.807, 2.05) is 38.1 Å². The van der Waals surface area contributed by atoms with Gasteiger partial charge in [0.1, 0.15) is 5.75 Å². The van der Waals surface area contributed by atoms with Crippen molar-refractivity contribution < 1.29 is 19.4 Å². The highest BCUT2D eigenvalue weighted by molar-refractivity contribution is 8.27. The predicted molar refractivity (Wildman–Crippen MR) is 113 cm³/mol. The molecule has 1 fully saturated rings. The molecule has 1 saturated heterocycles. The number of thioether (sulfide) groups is 1. The average Bonchev–Trinajstić information content (AvgIpc) is 2.93. The van der Waals surface area contributed by atoms with Crippen LogP contribution in [0.1, 0.15) is 19.4 Å². The van der Waals surface area contributed by atoms with Crippen molar-refractivity contribution >= 4 is 46.0 Å². The minimum absolute atomic E-state index is 0.0657. The number of hydrogen-bond donors (Lipinski definition) is 1. The van der Waals surface area contributed by atoms with Crippen LogP contribution in [0.3, 0.4) is 0 Å². The van der Waals surface area contributed by atoms with E-state index in [0.29, 0.717) is 33.9 Å². The molecule has 0 saturated carbocycles. The number of thiocarbonyl (C=S) groups is 1. The first kappa shape index (κ1) is 19.3. The second kappa shape index (κ2) is 8.45. The Kier molecular flexibility index (Phi) is 6.03. The molecule has 0 aliphatic carbocycles. The van der Waals surface area contributed by atoms with E-state index in [2.05, 4.69) is 0 Å². The van der Waals surface area contributed by atoms with Gasteiger partial charge >= 0.3 is 0 Å². The Hall–Kier alpha value is -2.51. The molecule has 7 heteroatoms. The predicted octanol–water partition coefficient (Wildman–Crippen LogP) is 4.60. The lowest BCUT2D eigenvalue weighted by molar-refractivity contribution is -0.113. The topological polar surface area (TPSA) is 59.0 Å². The highest BCUT2D eigenvalue weighted by Gasteiger charge is 2.33. The number of carbonyl (C=O) groups excluding carboxylic acids is 1. The van der Waals surface area contributed by atoms with Crippen molar-refractivity contribution in [2.24, 2.45) is 0 Å². The SMILES string of the molecule is CCOc1ccc(N2C(=O)/C(=C/c3ccc(O)c(OCC)c3)SC2=S)cc1. The summed E-state index contributed by atoms with van der Waals surface area (Å²) in [5.74, 6) is 1.01. The summed E-state index contributed by atoms with van der Waals surface area (Å²) in [6, 6.07) is 12.2. The molecule has 5 nitrogen and oxygen atoms in total. The maximum absolute atomic E-state index is 12.8. The first-order valence-corrected chi connectivity index (χ1v) is 9.72. The van der Waals surface area contributed by atoms with Gasteiger partial charge in [-0.15, -0.1) is 0 Å². The molecule has 0 bridgehead atoms. The fourth-order valence-corrected chi connectivity index (χ4v) is 3.89. The van der Waals surface area contributed by atoms with Gasteiger partial charge in [-0.3, -0.25) is 9.69 Å². The maximum Gasteiger partial charge on any atom is 0.270 e. The van der Waals surface area contributed by atoms with E-state index in [9.17, 15) is 9.90 Å². The van der Waals surface area contributed by atoms with Gasteiger partial charge in [0.2, 0.25) is 0 Å². The van der Waals surface area contributed by atoms with Crippen LogP contribution in [0, 0.1) is 0 Å². The van der Waals surface area contributed by atoms with Crippen LogP contribution in [0.2, 0.25) is 0 Å². The van der Waals surface area contributed by atoms with Crippen LogP contribution >= 0.6 is 24.0 Å². The van der Waals surface area contributed by atoms with Crippen LogP contribution in [0.25, 0.3) is 6.08 Å². The Bertz CT molecular complexity index is 893. The molecular weight excluding hydrogens is 382 g/mol. The molecule has 1 N–H and O–H groups in total. The van der Waals surface area contributed by atoms with Crippen molar-refractivity contribution in [3.8, 4) is 17.2 Å². The molecule has 2 aromatic rings. The number of rotatable bonds is 6. The smallest absolute Gasteiger partial charge is 0.270 e. The van der Waals surface area contributed by atoms with Gasteiger partial charge in [0.05, 0.1) is 23.8 Å². The lowest BCUT2D eigenvalue weighted by Crippen LogP contribution is -2.27. The third kappa shape index (κ3) is 4.26. The van der Waals surface area contributed by atoms with Gasteiger partial charge in [0, 0.05) is 0 Å². The number of aromatic hydroxyl groups is 1. The summed E-state index contributed by atoms with van der Waals surface area (Å²) in [6.45, 7) is 4.78. The molecule has 1 aliphatic rings. The third-order valence-electron chi connectivity index (χ3n) is 3.78. The largest absolute Gasteiger partial charge is 0.504 e. The van der Waals surface area contributed by atoms with Gasteiger partial charge in [-0.25, -0.2) is 0 Å². The van der Waals surface area contributed by atoms with Gasteiger partial charge < -0.3 is 14.6 Å². The Morgan fingerprint density at radius 1 is 1.11 bits per heavy atom. The molecule has 3 rings (SSSR count). The van der Waals surface area contributed by atoms with Crippen molar-refractivity contribution in [2.45, 2.75) is 13.8 Å². The Labute approximate surface area is 167 Å². The van der Waals surface area contributed by atoms with Crippen LogP contribution in [0.15, 0.2) is 47.4 Å². The monoisotopic (exact) mass is 401 g/mol. The van der Waals surface area contributed by atoms with Crippen molar-refractivity contribution in [1.29, 1.82) is 0 Å². The summed E-state index contributed by atoms with van der Waals surface area (Å²) in [4.78, 5) is 14.9. The van der Waals surface area contributed by atoms with Crippen LogP contribution in [-0.4, -0.2) is 28.5 Å². The van der Waals surface area contributed by atoms with Crippen LogP contribution < -0.4 is 14.4 Å². The van der Waals surface area contributed by atoms with Gasteiger partial charge in [-0.05, 0) is 61.9 Å². The number of benzene rings is 2. The third-order valence-corrected chi connectivity index (χ3v) is 5.08. The summed E-state index contributed by atoms with van der Waals surface area (Å²) < 4.78 is 11.3. The minimum atomic E-state index is -0.180. The highest BCUT2D eigenvalue weighted by Crippen LogP contribution is 2.37.